The second-order valence-corrected chi connectivity index (χ2v) is 14.1. The summed E-state index contributed by atoms with van der Waals surface area (Å²) >= 11 is 0. The smallest absolute Gasteiger partial charge is 0.306 e. The van der Waals surface area contributed by atoms with E-state index in [2.05, 4.69) is 18.7 Å². The molecule has 0 amide bonds. The van der Waals surface area contributed by atoms with E-state index in [-0.39, 0.29) is 46.9 Å². The van der Waals surface area contributed by atoms with Crippen molar-refractivity contribution in [1.29, 1.82) is 0 Å². The molecule has 1 aliphatic heterocycles. The molecule has 1 saturated heterocycles. The number of fused-ring (bicyclic) bond motifs is 3. The van der Waals surface area contributed by atoms with Gasteiger partial charge in [-0.1, -0.05) is 45.7 Å². The molecule has 3 aliphatic rings. The lowest BCUT2D eigenvalue weighted by molar-refractivity contribution is -0.258. The summed E-state index contributed by atoms with van der Waals surface area (Å²) in [5, 5.41) is 46.9. The van der Waals surface area contributed by atoms with Crippen molar-refractivity contribution in [2.24, 2.45) is 0 Å². The van der Waals surface area contributed by atoms with Crippen LogP contribution in [0.4, 0.5) is 0 Å². The number of ketones is 3. The Balaban J connectivity index is 1.59. The van der Waals surface area contributed by atoms with Crippen molar-refractivity contribution in [2.45, 2.75) is 122 Å². The first-order valence-electron chi connectivity index (χ1n) is 18.3. The van der Waals surface area contributed by atoms with Crippen LogP contribution < -0.4 is 4.74 Å². The molecule has 1 heterocycles. The number of hydrogen-bond donors (Lipinski definition) is 4. The molecule has 2 aliphatic carbocycles. The van der Waals surface area contributed by atoms with Gasteiger partial charge >= 0.3 is 5.97 Å². The van der Waals surface area contributed by atoms with E-state index in [1.54, 1.807) is 13.8 Å². The third-order valence-electron chi connectivity index (χ3n) is 10.5. The van der Waals surface area contributed by atoms with Crippen LogP contribution >= 0.6 is 0 Å². The minimum atomic E-state index is -2.28. The number of phenolic OH excluding ortho intramolecular Hbond substituents is 2. The van der Waals surface area contributed by atoms with Gasteiger partial charge in [0.05, 0.1) is 42.1 Å². The van der Waals surface area contributed by atoms with Crippen molar-refractivity contribution in [2.75, 3.05) is 26.8 Å². The molecule has 5 rings (SSSR count). The molecular formula is C39H51NO12. The summed E-state index contributed by atoms with van der Waals surface area (Å²) in [5.41, 5.74) is -3.57. The van der Waals surface area contributed by atoms with Gasteiger partial charge in [0, 0.05) is 48.4 Å². The van der Waals surface area contributed by atoms with Gasteiger partial charge in [0.15, 0.2) is 18.7 Å². The molecule has 0 bridgehead atoms. The molecule has 2 aromatic rings. The highest BCUT2D eigenvalue weighted by Gasteiger charge is 2.51. The number of aromatic hydroxyl groups is 2. The van der Waals surface area contributed by atoms with Crippen LogP contribution in [-0.2, 0) is 30.2 Å². The van der Waals surface area contributed by atoms with E-state index in [4.69, 9.17) is 18.9 Å². The Morgan fingerprint density at radius 2 is 1.65 bits per heavy atom. The summed E-state index contributed by atoms with van der Waals surface area (Å²) in [7, 11) is 1.34. The molecule has 0 spiro atoms. The molecule has 6 atom stereocenters. The normalized spacial score (nSPS) is 25.3. The number of ether oxygens (including phenoxy) is 4. The van der Waals surface area contributed by atoms with Gasteiger partial charge in [0.1, 0.15) is 22.8 Å². The van der Waals surface area contributed by atoms with E-state index in [0.29, 0.717) is 6.42 Å². The predicted octanol–water partition coefficient (Wildman–Crippen LogP) is 4.30. The largest absolute Gasteiger partial charge is 0.507 e. The lowest BCUT2D eigenvalue weighted by Crippen LogP contribution is -2.56. The van der Waals surface area contributed by atoms with E-state index >= 15 is 0 Å². The van der Waals surface area contributed by atoms with E-state index in [1.165, 1.54) is 25.3 Å². The molecule has 0 saturated carbocycles. The number of benzene rings is 2. The Morgan fingerprint density at radius 3 is 2.29 bits per heavy atom. The predicted molar refractivity (Wildman–Crippen MR) is 188 cm³/mol. The highest BCUT2D eigenvalue weighted by atomic mass is 16.7. The molecule has 1 fully saturated rings. The van der Waals surface area contributed by atoms with Gasteiger partial charge in [-0.15, -0.1) is 0 Å². The van der Waals surface area contributed by atoms with Crippen molar-refractivity contribution < 1.29 is 58.6 Å². The van der Waals surface area contributed by atoms with Gasteiger partial charge in [-0.3, -0.25) is 24.1 Å². The molecule has 52 heavy (non-hydrogen) atoms. The van der Waals surface area contributed by atoms with Gasteiger partial charge in [-0.25, -0.2) is 0 Å². The minimum absolute atomic E-state index is 0.0471. The summed E-state index contributed by atoms with van der Waals surface area (Å²) in [4.78, 5) is 55.9. The van der Waals surface area contributed by atoms with E-state index in [0.717, 1.165) is 38.8 Å². The summed E-state index contributed by atoms with van der Waals surface area (Å²) in [6.07, 6.45) is -0.402. The molecule has 13 nitrogen and oxygen atoms in total. The summed E-state index contributed by atoms with van der Waals surface area (Å²) in [6, 6.07) is 4.07. The van der Waals surface area contributed by atoms with Crippen LogP contribution in [0.15, 0.2) is 18.2 Å². The first-order valence-corrected chi connectivity index (χ1v) is 18.3. The average molecular weight is 726 g/mol. The quantitative estimate of drug-likeness (QED) is 0.128. The first kappa shape index (κ1) is 39.3. The number of unbranched alkanes of at least 4 members (excludes halogenated alkanes) is 2. The van der Waals surface area contributed by atoms with Gasteiger partial charge in [-0.2, -0.15) is 0 Å². The molecule has 0 unspecified atom stereocenters. The zero-order valence-corrected chi connectivity index (χ0v) is 30.6. The standard InChI is InChI=1S/C39H51NO12/c1-6-9-15-40(16-10-7-2)24-17-29(51-21(4)34(24)43)52-26-19-39(48,27(41)20-50-28(42)12-8-3)18-23-31(26)38(47)33-32(36(23)45)35(44)22-13-11-14-25(49-5)30(22)37(33)46/h11,13-14,21,24,26,29,34,43,45,47-48H,6-10,12,15-20H2,1-5H3/t21-,24-,26-,29-,34+,39-/m0/s1. The van der Waals surface area contributed by atoms with Crippen molar-refractivity contribution in [3.63, 3.8) is 0 Å². The SMILES string of the molecule is CCCCN(CCCC)[C@H]1C[C@H](O[C@H]2C[C@](O)(C(=O)COC(=O)CCC)Cc3c(O)c4c(c(O)c32)C(=O)c2c(OC)cccc2C4=O)O[C@@H](C)[C@H]1O. The van der Waals surface area contributed by atoms with E-state index in [9.17, 15) is 39.6 Å². The van der Waals surface area contributed by atoms with Gasteiger partial charge in [0.25, 0.3) is 0 Å². The topological polar surface area (TPSA) is 189 Å². The number of methoxy groups -OCH3 is 1. The van der Waals surface area contributed by atoms with Gasteiger partial charge in [-0.05, 0) is 45.3 Å². The zero-order chi connectivity index (χ0) is 37.9. The summed E-state index contributed by atoms with van der Waals surface area (Å²) in [5.74, 6) is -4.24. The maximum absolute atomic E-state index is 14.0. The lowest BCUT2D eigenvalue weighted by Gasteiger charge is -2.45. The van der Waals surface area contributed by atoms with Crippen LogP contribution in [0, 0.1) is 0 Å². The number of phenols is 2. The lowest BCUT2D eigenvalue weighted by atomic mass is 9.72. The van der Waals surface area contributed by atoms with Crippen LogP contribution in [0.25, 0.3) is 0 Å². The highest BCUT2D eigenvalue weighted by Crippen LogP contribution is 2.52. The molecule has 2 aromatic carbocycles. The monoisotopic (exact) mass is 725 g/mol. The van der Waals surface area contributed by atoms with Crippen molar-refractivity contribution in [3.8, 4) is 17.2 Å². The Kier molecular flexibility index (Phi) is 12.4. The Hall–Kier alpha value is -3.88. The number of hydrogen-bond acceptors (Lipinski definition) is 13. The fraction of sp³-hybridized carbons (Fsp3) is 0.590. The number of rotatable bonds is 15. The third-order valence-corrected chi connectivity index (χ3v) is 10.5. The second-order valence-electron chi connectivity index (χ2n) is 14.1. The average Bonchev–Trinajstić information content (AvgIpc) is 3.12. The number of nitrogens with zero attached hydrogens (tertiary/aromatic N) is 1. The number of aliphatic hydroxyl groups excluding tert-OH is 1. The summed E-state index contributed by atoms with van der Waals surface area (Å²) < 4.78 is 23.1. The van der Waals surface area contributed by atoms with E-state index < -0.39 is 95.6 Å². The Labute approximate surface area is 303 Å². The number of carbonyl (C=O) groups excluding carboxylic acids is 4. The minimum Gasteiger partial charge on any atom is -0.507 e. The number of Topliss-reactive ketones (excluding diaryl/α,β-unsaturated/α-hetero) is 1. The van der Waals surface area contributed by atoms with Crippen LogP contribution in [0.2, 0.25) is 0 Å². The van der Waals surface area contributed by atoms with E-state index in [1.807, 2.05) is 0 Å². The first-order chi connectivity index (χ1) is 24.8. The molecule has 0 aromatic heterocycles. The van der Waals surface area contributed by atoms with Gasteiger partial charge < -0.3 is 39.4 Å². The van der Waals surface area contributed by atoms with Crippen LogP contribution in [0.3, 0.4) is 0 Å². The van der Waals surface area contributed by atoms with Gasteiger partial charge in [0.2, 0.25) is 11.6 Å². The van der Waals surface area contributed by atoms with Crippen LogP contribution in [0.1, 0.15) is 128 Å². The maximum atomic E-state index is 14.0. The molecule has 0 radical (unpaired) electrons. The zero-order valence-electron chi connectivity index (χ0n) is 30.6. The number of aliphatic hydroxyl groups is 2. The number of carbonyl (C=O) groups is 4. The second kappa shape index (κ2) is 16.4. The Morgan fingerprint density at radius 1 is 0.981 bits per heavy atom. The van der Waals surface area contributed by atoms with Crippen LogP contribution in [0.5, 0.6) is 17.2 Å². The van der Waals surface area contributed by atoms with Crippen molar-refractivity contribution in [3.05, 3.63) is 51.6 Å². The Bertz CT molecular complexity index is 1680. The summed E-state index contributed by atoms with van der Waals surface area (Å²) in [6.45, 7) is 8.42. The maximum Gasteiger partial charge on any atom is 0.306 e. The fourth-order valence-electron chi connectivity index (χ4n) is 7.63. The number of esters is 1. The van der Waals surface area contributed by atoms with Crippen molar-refractivity contribution in [1.82, 2.24) is 4.90 Å². The molecular weight excluding hydrogens is 674 g/mol. The highest BCUT2D eigenvalue weighted by molar-refractivity contribution is 6.31. The molecule has 284 valence electrons. The molecule has 4 N–H and O–H groups in total. The van der Waals surface area contributed by atoms with Crippen molar-refractivity contribution >= 4 is 23.3 Å². The third kappa shape index (κ3) is 7.47. The molecule has 13 heteroatoms. The van der Waals surface area contributed by atoms with Crippen LogP contribution in [-0.4, -0.2) is 106 Å². The fourth-order valence-corrected chi connectivity index (χ4v) is 7.63.